The molecule has 1 saturated heterocycles. The van der Waals surface area contributed by atoms with Gasteiger partial charge < -0.3 is 14.9 Å². The zero-order chi connectivity index (χ0) is 21.4. The number of aromatic nitrogens is 1. The second-order valence-electron chi connectivity index (χ2n) is 8.98. The number of hydrogen-bond acceptors (Lipinski definition) is 4. The minimum Gasteiger partial charge on any atom is -0.394 e. The molecule has 2 aliphatic heterocycles. The highest BCUT2D eigenvalue weighted by Crippen LogP contribution is 2.48. The monoisotopic (exact) mass is 419 g/mol. The van der Waals surface area contributed by atoms with Crippen LogP contribution in [0.15, 0.2) is 48.7 Å². The second kappa shape index (κ2) is 8.42. The molecular formula is C25H29N3O3. The van der Waals surface area contributed by atoms with Crippen molar-refractivity contribution < 1.29 is 14.7 Å². The number of hydrogen-bond donors (Lipinski definition) is 1. The van der Waals surface area contributed by atoms with Crippen LogP contribution in [0.1, 0.15) is 49.3 Å². The molecule has 1 N–H and O–H groups in total. The molecule has 3 aliphatic rings. The number of nitrogens with zero attached hydrogens (tertiary/aromatic N) is 3. The molecule has 2 aromatic rings. The summed E-state index contributed by atoms with van der Waals surface area (Å²) >= 11 is 0. The highest BCUT2D eigenvalue weighted by atomic mass is 16.3. The molecule has 0 bridgehead atoms. The number of benzene rings is 1. The van der Waals surface area contributed by atoms with Gasteiger partial charge in [0.15, 0.2) is 0 Å². The van der Waals surface area contributed by atoms with Gasteiger partial charge in [-0.1, -0.05) is 43.5 Å². The standard InChI is InChI=1S/C25H29N3O3/c29-16-22-24-19-11-4-5-12-20(19)27(25(31)17-8-2-1-3-9-17)15-21(24)28(22)23(30)14-18-10-6-7-13-26-18/h4-7,10-13,17,21-22,24,29H,1-3,8-9,14-16H2/t21-,22-,24+/m0/s1. The molecule has 1 aromatic carbocycles. The fourth-order valence-corrected chi connectivity index (χ4v) is 5.76. The van der Waals surface area contributed by atoms with Gasteiger partial charge in [-0.05, 0) is 36.6 Å². The van der Waals surface area contributed by atoms with Crippen LogP contribution >= 0.6 is 0 Å². The number of carbonyl (C=O) groups excluding carboxylic acids is 2. The van der Waals surface area contributed by atoms with Crippen molar-refractivity contribution in [1.82, 2.24) is 9.88 Å². The lowest BCUT2D eigenvalue weighted by Gasteiger charge is -2.59. The molecule has 162 valence electrons. The Kier molecular flexibility index (Phi) is 5.48. The van der Waals surface area contributed by atoms with Gasteiger partial charge in [0, 0.05) is 36.0 Å². The summed E-state index contributed by atoms with van der Waals surface area (Å²) in [5.74, 6) is 0.285. The molecule has 3 atom stereocenters. The predicted molar refractivity (Wildman–Crippen MR) is 118 cm³/mol. The lowest BCUT2D eigenvalue weighted by Crippen LogP contribution is -2.71. The van der Waals surface area contributed by atoms with Gasteiger partial charge >= 0.3 is 0 Å². The summed E-state index contributed by atoms with van der Waals surface area (Å²) in [6.45, 7) is 0.418. The van der Waals surface area contributed by atoms with Gasteiger partial charge in [-0.15, -0.1) is 0 Å². The SMILES string of the molecule is O=C(C1CCCCC1)N1C[C@H]2[C@@H](c3ccccc31)[C@H](CO)N2C(=O)Cc1ccccn1. The third kappa shape index (κ3) is 3.53. The first kappa shape index (κ1) is 20.2. The highest BCUT2D eigenvalue weighted by Gasteiger charge is 2.55. The number of aliphatic hydroxyl groups is 1. The maximum atomic E-state index is 13.5. The lowest BCUT2D eigenvalue weighted by molar-refractivity contribution is -0.150. The van der Waals surface area contributed by atoms with Crippen molar-refractivity contribution >= 4 is 17.5 Å². The van der Waals surface area contributed by atoms with Gasteiger partial charge in [0.1, 0.15) is 0 Å². The summed E-state index contributed by atoms with van der Waals surface area (Å²) in [6.07, 6.45) is 7.23. The molecule has 1 aromatic heterocycles. The quantitative estimate of drug-likeness (QED) is 0.827. The highest BCUT2D eigenvalue weighted by molar-refractivity contribution is 5.97. The number of carbonyl (C=O) groups is 2. The minimum atomic E-state index is -0.255. The first-order chi connectivity index (χ1) is 15.2. The van der Waals surface area contributed by atoms with Crippen LogP contribution < -0.4 is 4.90 Å². The number of para-hydroxylation sites is 1. The third-order valence-electron chi connectivity index (χ3n) is 7.25. The van der Waals surface area contributed by atoms with E-state index < -0.39 is 0 Å². The number of anilines is 1. The van der Waals surface area contributed by atoms with Gasteiger partial charge in [0.2, 0.25) is 11.8 Å². The van der Waals surface area contributed by atoms with E-state index in [0.717, 1.165) is 42.6 Å². The van der Waals surface area contributed by atoms with E-state index in [1.807, 2.05) is 41.3 Å². The molecular weight excluding hydrogens is 390 g/mol. The Morgan fingerprint density at radius 3 is 2.55 bits per heavy atom. The maximum absolute atomic E-state index is 13.5. The fraction of sp³-hybridized carbons (Fsp3) is 0.480. The van der Waals surface area contributed by atoms with Crippen molar-refractivity contribution in [3.05, 3.63) is 59.9 Å². The third-order valence-corrected chi connectivity index (χ3v) is 7.25. The Morgan fingerprint density at radius 1 is 1.03 bits per heavy atom. The van der Waals surface area contributed by atoms with Gasteiger partial charge in [-0.2, -0.15) is 0 Å². The average Bonchev–Trinajstić information content (AvgIpc) is 2.80. The predicted octanol–water partition coefficient (Wildman–Crippen LogP) is 2.91. The fourth-order valence-electron chi connectivity index (χ4n) is 5.76. The van der Waals surface area contributed by atoms with Crippen molar-refractivity contribution in [2.75, 3.05) is 18.1 Å². The molecule has 0 spiro atoms. The smallest absolute Gasteiger partial charge is 0.230 e. The summed E-state index contributed by atoms with van der Waals surface area (Å²) in [5.41, 5.74) is 2.75. The molecule has 1 saturated carbocycles. The van der Waals surface area contributed by atoms with Crippen molar-refractivity contribution in [2.24, 2.45) is 5.92 Å². The summed E-state index contributed by atoms with van der Waals surface area (Å²) in [5, 5.41) is 10.1. The number of likely N-dealkylation sites (tertiary alicyclic amines) is 1. The molecule has 3 heterocycles. The molecule has 1 aliphatic carbocycles. The summed E-state index contributed by atoms with van der Waals surface area (Å²) in [7, 11) is 0. The van der Waals surface area contributed by atoms with Crippen LogP contribution in [-0.2, 0) is 16.0 Å². The summed E-state index contributed by atoms with van der Waals surface area (Å²) in [4.78, 5) is 34.7. The van der Waals surface area contributed by atoms with E-state index >= 15 is 0 Å². The van der Waals surface area contributed by atoms with E-state index in [1.54, 1.807) is 11.1 Å². The Labute approximate surface area is 182 Å². The summed E-state index contributed by atoms with van der Waals surface area (Å²) in [6, 6.07) is 13.2. The Bertz CT molecular complexity index is 957. The lowest BCUT2D eigenvalue weighted by atomic mass is 9.71. The van der Waals surface area contributed by atoms with Crippen molar-refractivity contribution in [1.29, 1.82) is 0 Å². The topological polar surface area (TPSA) is 73.7 Å². The Hall–Kier alpha value is -2.73. The molecule has 6 heteroatoms. The zero-order valence-corrected chi connectivity index (χ0v) is 17.7. The average molecular weight is 420 g/mol. The van der Waals surface area contributed by atoms with Crippen molar-refractivity contribution in [3.63, 3.8) is 0 Å². The molecule has 0 radical (unpaired) electrons. The Balaban J connectivity index is 1.43. The van der Waals surface area contributed by atoms with E-state index in [-0.39, 0.29) is 48.8 Å². The van der Waals surface area contributed by atoms with Crippen LogP contribution in [0.3, 0.4) is 0 Å². The van der Waals surface area contributed by atoms with Gasteiger partial charge in [-0.25, -0.2) is 0 Å². The van der Waals surface area contributed by atoms with Crippen LogP contribution in [0.5, 0.6) is 0 Å². The first-order valence-corrected chi connectivity index (χ1v) is 11.4. The normalized spacial score (nSPS) is 25.4. The largest absolute Gasteiger partial charge is 0.394 e. The zero-order valence-electron chi connectivity index (χ0n) is 17.7. The minimum absolute atomic E-state index is 0.0385. The van der Waals surface area contributed by atoms with Crippen LogP contribution in [0.2, 0.25) is 0 Å². The van der Waals surface area contributed by atoms with E-state index in [4.69, 9.17) is 0 Å². The number of fused-ring (bicyclic) bond motifs is 3. The van der Waals surface area contributed by atoms with Gasteiger partial charge in [0.25, 0.3) is 0 Å². The molecule has 2 amide bonds. The molecule has 6 nitrogen and oxygen atoms in total. The van der Waals surface area contributed by atoms with Crippen LogP contribution in [0, 0.1) is 5.92 Å². The van der Waals surface area contributed by atoms with Crippen molar-refractivity contribution in [2.45, 2.75) is 56.5 Å². The Morgan fingerprint density at radius 2 is 1.81 bits per heavy atom. The van der Waals surface area contributed by atoms with Crippen LogP contribution in [0.4, 0.5) is 5.69 Å². The molecule has 0 unspecified atom stereocenters. The van der Waals surface area contributed by atoms with Gasteiger partial charge in [0.05, 0.1) is 25.1 Å². The van der Waals surface area contributed by atoms with E-state index in [2.05, 4.69) is 11.1 Å². The molecule has 5 rings (SSSR count). The van der Waals surface area contributed by atoms with Crippen LogP contribution in [0.25, 0.3) is 0 Å². The number of pyridine rings is 1. The first-order valence-electron chi connectivity index (χ1n) is 11.4. The van der Waals surface area contributed by atoms with Gasteiger partial charge in [-0.3, -0.25) is 14.6 Å². The number of amides is 2. The molecule has 2 fully saturated rings. The van der Waals surface area contributed by atoms with E-state index in [0.29, 0.717) is 6.54 Å². The van der Waals surface area contributed by atoms with Crippen molar-refractivity contribution in [3.8, 4) is 0 Å². The number of aliphatic hydroxyl groups excluding tert-OH is 1. The second-order valence-corrected chi connectivity index (χ2v) is 8.98. The van der Waals surface area contributed by atoms with E-state index in [9.17, 15) is 14.7 Å². The summed E-state index contributed by atoms with van der Waals surface area (Å²) < 4.78 is 0. The number of rotatable bonds is 4. The molecule has 31 heavy (non-hydrogen) atoms. The van der Waals surface area contributed by atoms with E-state index in [1.165, 1.54) is 6.42 Å². The van der Waals surface area contributed by atoms with Crippen LogP contribution in [-0.4, -0.2) is 52.0 Å². The maximum Gasteiger partial charge on any atom is 0.230 e.